The Hall–Kier alpha value is -2.21. The van der Waals surface area contributed by atoms with Gasteiger partial charge in [-0.25, -0.2) is 0 Å². The molecule has 2 N–H and O–H groups in total. The van der Waals surface area contributed by atoms with Crippen LogP contribution in [-0.2, 0) is 0 Å². The molecule has 6 heteroatoms. The van der Waals surface area contributed by atoms with E-state index in [1.807, 2.05) is 26.0 Å². The Labute approximate surface area is 123 Å². The van der Waals surface area contributed by atoms with Crippen LogP contribution in [0.3, 0.4) is 0 Å². The minimum atomic E-state index is -0.118. The Morgan fingerprint density at radius 2 is 1.86 bits per heavy atom. The molecule has 0 saturated carbocycles. The molecule has 0 aliphatic rings. The number of hydrogen-bond acceptors (Lipinski definition) is 4. The molecule has 0 radical (unpaired) electrons. The first-order valence-electron chi connectivity index (χ1n) is 6.86. The molecule has 21 heavy (non-hydrogen) atoms. The Balaban J connectivity index is 1.97. The molecule has 1 amide bonds. The molecule has 1 heterocycles. The second-order valence-electron chi connectivity index (χ2n) is 5.74. The van der Waals surface area contributed by atoms with Gasteiger partial charge in [0.25, 0.3) is 5.91 Å². The number of benzene rings is 1. The van der Waals surface area contributed by atoms with Crippen LogP contribution in [-0.4, -0.2) is 38.9 Å². The second kappa shape index (κ2) is 6.49. The van der Waals surface area contributed by atoms with Gasteiger partial charge in [-0.2, -0.15) is 0 Å². The number of aliphatic hydroxyl groups excluding tert-OH is 1. The molecule has 0 bridgehead atoms. The van der Waals surface area contributed by atoms with E-state index in [2.05, 4.69) is 15.5 Å². The van der Waals surface area contributed by atoms with E-state index in [9.17, 15) is 4.79 Å². The lowest BCUT2D eigenvalue weighted by Gasteiger charge is -2.23. The number of hydrogen-bond donors (Lipinski definition) is 2. The lowest BCUT2D eigenvalue weighted by molar-refractivity contribution is 0.0928. The van der Waals surface area contributed by atoms with Crippen molar-refractivity contribution in [2.75, 3.05) is 13.2 Å². The Morgan fingerprint density at radius 3 is 2.43 bits per heavy atom. The number of aliphatic hydroxyl groups is 1. The minimum Gasteiger partial charge on any atom is -0.396 e. The molecule has 0 spiro atoms. The normalized spacial score (nSPS) is 11.4. The third-order valence-corrected chi connectivity index (χ3v) is 3.36. The zero-order valence-electron chi connectivity index (χ0n) is 12.3. The van der Waals surface area contributed by atoms with Crippen molar-refractivity contribution in [1.29, 1.82) is 0 Å². The molecule has 0 atom stereocenters. The Bertz CT molecular complexity index is 576. The average molecular weight is 288 g/mol. The highest BCUT2D eigenvalue weighted by atomic mass is 16.3. The number of nitrogens with zero attached hydrogens (tertiary/aromatic N) is 3. The summed E-state index contributed by atoms with van der Waals surface area (Å²) in [6.07, 6.45) is 3.86. The molecule has 0 aliphatic heterocycles. The SMILES string of the molecule is CC(C)(CCO)CNC(=O)c1ccc(-n2cnnc2)cc1. The lowest BCUT2D eigenvalue weighted by Crippen LogP contribution is -2.34. The van der Waals surface area contributed by atoms with E-state index in [0.717, 1.165) is 5.69 Å². The summed E-state index contributed by atoms with van der Waals surface area (Å²) >= 11 is 0. The number of rotatable bonds is 6. The van der Waals surface area contributed by atoms with Gasteiger partial charge in [-0.3, -0.25) is 9.36 Å². The molecule has 0 unspecified atom stereocenters. The monoisotopic (exact) mass is 288 g/mol. The van der Waals surface area contributed by atoms with Crippen LogP contribution < -0.4 is 5.32 Å². The molecule has 112 valence electrons. The van der Waals surface area contributed by atoms with E-state index in [1.54, 1.807) is 29.4 Å². The fourth-order valence-corrected chi connectivity index (χ4v) is 1.93. The van der Waals surface area contributed by atoms with Crippen LogP contribution in [0.15, 0.2) is 36.9 Å². The maximum absolute atomic E-state index is 12.1. The second-order valence-corrected chi connectivity index (χ2v) is 5.74. The number of amides is 1. The van der Waals surface area contributed by atoms with Crippen molar-refractivity contribution >= 4 is 5.91 Å². The summed E-state index contributed by atoms with van der Waals surface area (Å²) in [5.41, 5.74) is 1.39. The maximum atomic E-state index is 12.1. The fraction of sp³-hybridized carbons (Fsp3) is 0.400. The van der Waals surface area contributed by atoms with E-state index < -0.39 is 0 Å². The highest BCUT2D eigenvalue weighted by Crippen LogP contribution is 2.18. The molecule has 0 aliphatic carbocycles. The van der Waals surface area contributed by atoms with Crippen molar-refractivity contribution < 1.29 is 9.90 Å². The average Bonchev–Trinajstić information content (AvgIpc) is 2.99. The Kier molecular flexibility index (Phi) is 4.70. The van der Waals surface area contributed by atoms with Crippen molar-refractivity contribution in [3.05, 3.63) is 42.5 Å². The van der Waals surface area contributed by atoms with Gasteiger partial charge in [-0.15, -0.1) is 10.2 Å². The maximum Gasteiger partial charge on any atom is 0.251 e. The summed E-state index contributed by atoms with van der Waals surface area (Å²) in [5, 5.41) is 19.4. The minimum absolute atomic E-state index is 0.115. The van der Waals surface area contributed by atoms with E-state index in [-0.39, 0.29) is 17.9 Å². The van der Waals surface area contributed by atoms with Crippen LogP contribution in [0.25, 0.3) is 5.69 Å². The standard InChI is InChI=1S/C15H20N4O2/c1-15(2,7-8-20)9-16-14(21)12-3-5-13(6-4-12)19-10-17-18-11-19/h3-6,10-11,20H,7-9H2,1-2H3,(H,16,21). The van der Waals surface area contributed by atoms with Gasteiger partial charge in [0.1, 0.15) is 12.7 Å². The van der Waals surface area contributed by atoms with Gasteiger partial charge in [0.2, 0.25) is 0 Å². The summed E-state index contributed by atoms with van der Waals surface area (Å²) in [4.78, 5) is 12.1. The zero-order valence-corrected chi connectivity index (χ0v) is 12.3. The first-order chi connectivity index (χ1) is 10.0. The molecular weight excluding hydrogens is 268 g/mol. The topological polar surface area (TPSA) is 80.0 Å². The molecular formula is C15H20N4O2. The first kappa shape index (κ1) is 15.2. The van der Waals surface area contributed by atoms with E-state index in [4.69, 9.17) is 5.11 Å². The van der Waals surface area contributed by atoms with Crippen molar-refractivity contribution in [3.63, 3.8) is 0 Å². The van der Waals surface area contributed by atoms with Crippen molar-refractivity contribution in [3.8, 4) is 5.69 Å². The van der Waals surface area contributed by atoms with Crippen LogP contribution in [0.4, 0.5) is 0 Å². The molecule has 1 aromatic heterocycles. The van der Waals surface area contributed by atoms with Crippen LogP contribution in [0.2, 0.25) is 0 Å². The van der Waals surface area contributed by atoms with Crippen LogP contribution in [0.1, 0.15) is 30.6 Å². The van der Waals surface area contributed by atoms with Gasteiger partial charge in [0.15, 0.2) is 0 Å². The summed E-state index contributed by atoms with van der Waals surface area (Å²) in [6.45, 7) is 4.67. The van der Waals surface area contributed by atoms with E-state index in [1.165, 1.54) is 0 Å². The fourth-order valence-electron chi connectivity index (χ4n) is 1.93. The van der Waals surface area contributed by atoms with Crippen molar-refractivity contribution in [2.24, 2.45) is 5.41 Å². The van der Waals surface area contributed by atoms with Gasteiger partial charge in [0, 0.05) is 24.4 Å². The highest BCUT2D eigenvalue weighted by molar-refractivity contribution is 5.94. The van der Waals surface area contributed by atoms with Crippen molar-refractivity contribution in [2.45, 2.75) is 20.3 Å². The van der Waals surface area contributed by atoms with Crippen LogP contribution >= 0.6 is 0 Å². The van der Waals surface area contributed by atoms with Gasteiger partial charge < -0.3 is 10.4 Å². The predicted molar refractivity (Wildman–Crippen MR) is 79.2 cm³/mol. The number of nitrogens with one attached hydrogen (secondary N) is 1. The van der Waals surface area contributed by atoms with Gasteiger partial charge in [0.05, 0.1) is 0 Å². The van der Waals surface area contributed by atoms with Crippen molar-refractivity contribution in [1.82, 2.24) is 20.1 Å². The predicted octanol–water partition coefficient (Wildman–Crippen LogP) is 1.41. The van der Waals surface area contributed by atoms with E-state index >= 15 is 0 Å². The summed E-state index contributed by atoms with van der Waals surface area (Å²) in [6, 6.07) is 7.22. The van der Waals surface area contributed by atoms with Crippen LogP contribution in [0, 0.1) is 5.41 Å². The Morgan fingerprint density at radius 1 is 1.24 bits per heavy atom. The number of aromatic nitrogens is 3. The third kappa shape index (κ3) is 4.13. The largest absolute Gasteiger partial charge is 0.396 e. The summed E-state index contributed by atoms with van der Waals surface area (Å²) in [5.74, 6) is -0.115. The molecule has 2 rings (SSSR count). The lowest BCUT2D eigenvalue weighted by atomic mass is 9.89. The zero-order chi connectivity index (χ0) is 15.3. The van der Waals surface area contributed by atoms with E-state index in [0.29, 0.717) is 18.5 Å². The van der Waals surface area contributed by atoms with Gasteiger partial charge in [-0.1, -0.05) is 13.8 Å². The summed E-state index contributed by atoms with van der Waals surface area (Å²) in [7, 11) is 0. The third-order valence-electron chi connectivity index (χ3n) is 3.36. The van der Waals surface area contributed by atoms with Gasteiger partial charge >= 0.3 is 0 Å². The first-order valence-corrected chi connectivity index (χ1v) is 6.86. The number of carbonyl (C=O) groups excluding carboxylic acids is 1. The summed E-state index contributed by atoms with van der Waals surface area (Å²) < 4.78 is 1.77. The van der Waals surface area contributed by atoms with Gasteiger partial charge in [-0.05, 0) is 36.1 Å². The quantitative estimate of drug-likeness (QED) is 0.842. The smallest absolute Gasteiger partial charge is 0.251 e. The number of carbonyl (C=O) groups is 1. The van der Waals surface area contributed by atoms with Crippen LogP contribution in [0.5, 0.6) is 0 Å². The molecule has 1 aromatic carbocycles. The molecule has 0 fully saturated rings. The molecule has 6 nitrogen and oxygen atoms in total. The molecule has 2 aromatic rings. The highest BCUT2D eigenvalue weighted by Gasteiger charge is 2.18. The molecule has 0 saturated heterocycles.